The summed E-state index contributed by atoms with van der Waals surface area (Å²) in [6.45, 7) is 7.63. The Bertz CT molecular complexity index is 1140. The molecule has 0 aliphatic carbocycles. The Balaban J connectivity index is 2.46. The molecule has 1 atom stereocenters. The molecule has 0 heterocycles. The zero-order valence-corrected chi connectivity index (χ0v) is 23.0. The summed E-state index contributed by atoms with van der Waals surface area (Å²) in [4.78, 5) is 27.8. The molecule has 10 heteroatoms. The van der Waals surface area contributed by atoms with Gasteiger partial charge in [-0.25, -0.2) is 8.42 Å². The minimum Gasteiger partial charge on any atom is -0.355 e. The van der Waals surface area contributed by atoms with Crippen LogP contribution in [0.4, 0.5) is 5.69 Å². The maximum Gasteiger partial charge on any atom is 0.244 e. The molecule has 0 bridgehead atoms. The van der Waals surface area contributed by atoms with Crippen molar-refractivity contribution in [3.8, 4) is 0 Å². The van der Waals surface area contributed by atoms with E-state index >= 15 is 0 Å². The molecule has 1 N–H and O–H groups in total. The number of rotatable bonds is 11. The SMILES string of the molecule is CCNC(=O)[C@H](CC)N(Cc1ccc(Cl)cc1Cl)C(=O)CN(c1ccc(C(C)C)cc1)S(C)(=O)=O. The normalized spacial score (nSPS) is 12.3. The molecule has 0 saturated heterocycles. The van der Waals surface area contributed by atoms with Crippen molar-refractivity contribution >= 4 is 50.7 Å². The predicted octanol–water partition coefficient (Wildman–Crippen LogP) is 4.83. The van der Waals surface area contributed by atoms with E-state index in [2.05, 4.69) is 5.32 Å². The molecule has 0 aromatic heterocycles. The van der Waals surface area contributed by atoms with Gasteiger partial charge in [-0.3, -0.25) is 13.9 Å². The Morgan fingerprint density at radius 3 is 2.14 bits per heavy atom. The van der Waals surface area contributed by atoms with Gasteiger partial charge in [0, 0.05) is 23.1 Å². The molecule has 2 amide bonds. The van der Waals surface area contributed by atoms with Gasteiger partial charge in [0.05, 0.1) is 11.9 Å². The first kappa shape index (κ1) is 28.9. The zero-order valence-electron chi connectivity index (χ0n) is 20.7. The highest BCUT2D eigenvalue weighted by atomic mass is 35.5. The second kappa shape index (κ2) is 12.6. The quantitative estimate of drug-likeness (QED) is 0.441. The van der Waals surface area contributed by atoms with Gasteiger partial charge in [0.25, 0.3) is 0 Å². The third-order valence-corrected chi connectivity index (χ3v) is 7.35. The van der Waals surface area contributed by atoms with Crippen LogP contribution in [-0.4, -0.2) is 50.5 Å². The molecule has 35 heavy (non-hydrogen) atoms. The van der Waals surface area contributed by atoms with Gasteiger partial charge in [0.15, 0.2) is 0 Å². The molecule has 192 valence electrons. The number of nitrogens with zero attached hydrogens (tertiary/aromatic N) is 2. The van der Waals surface area contributed by atoms with E-state index in [0.717, 1.165) is 16.1 Å². The van der Waals surface area contributed by atoms with E-state index in [4.69, 9.17) is 23.2 Å². The van der Waals surface area contributed by atoms with Crippen LogP contribution in [0.25, 0.3) is 0 Å². The summed E-state index contributed by atoms with van der Waals surface area (Å²) in [6, 6.07) is 11.2. The van der Waals surface area contributed by atoms with Crippen LogP contribution in [0.3, 0.4) is 0 Å². The number of benzene rings is 2. The molecule has 2 rings (SSSR count). The standard InChI is InChI=1S/C25H33Cl2N3O4S/c1-6-23(25(32)28-7-2)29(15-19-8-11-20(26)14-22(19)27)24(31)16-30(35(5,33)34)21-12-9-18(10-13-21)17(3)4/h8-14,17,23H,6-7,15-16H2,1-5H3,(H,28,32)/t23-/m0/s1. The van der Waals surface area contributed by atoms with E-state index in [1.807, 2.05) is 26.0 Å². The monoisotopic (exact) mass is 541 g/mol. The fraction of sp³-hybridized carbons (Fsp3) is 0.440. The van der Waals surface area contributed by atoms with E-state index < -0.39 is 28.5 Å². The van der Waals surface area contributed by atoms with Crippen molar-refractivity contribution in [3.63, 3.8) is 0 Å². The molecule has 0 fully saturated rings. The summed E-state index contributed by atoms with van der Waals surface area (Å²) < 4.78 is 26.4. The molecule has 2 aromatic rings. The third kappa shape index (κ3) is 7.85. The van der Waals surface area contributed by atoms with E-state index in [-0.39, 0.29) is 18.4 Å². The lowest BCUT2D eigenvalue weighted by molar-refractivity contribution is -0.140. The predicted molar refractivity (Wildman–Crippen MR) is 142 cm³/mol. The number of likely N-dealkylation sites (N-methyl/N-ethyl adjacent to an activating group) is 1. The minimum atomic E-state index is -3.79. The molecule has 0 spiro atoms. The van der Waals surface area contributed by atoms with E-state index in [0.29, 0.717) is 34.3 Å². The van der Waals surface area contributed by atoms with Crippen LogP contribution in [0.15, 0.2) is 42.5 Å². The Morgan fingerprint density at radius 1 is 1.03 bits per heavy atom. The molecule has 0 saturated carbocycles. The summed E-state index contributed by atoms with van der Waals surface area (Å²) in [5, 5.41) is 3.55. The highest BCUT2D eigenvalue weighted by Gasteiger charge is 2.32. The molecular weight excluding hydrogens is 509 g/mol. The summed E-state index contributed by atoms with van der Waals surface area (Å²) >= 11 is 12.4. The van der Waals surface area contributed by atoms with Gasteiger partial charge < -0.3 is 10.2 Å². The van der Waals surface area contributed by atoms with Crippen molar-refractivity contribution in [2.24, 2.45) is 0 Å². The molecule has 0 aliphatic heterocycles. The van der Waals surface area contributed by atoms with Crippen molar-refractivity contribution in [2.45, 2.75) is 52.6 Å². The zero-order chi connectivity index (χ0) is 26.3. The van der Waals surface area contributed by atoms with Crippen LogP contribution in [-0.2, 0) is 26.2 Å². The van der Waals surface area contributed by atoms with Crippen LogP contribution in [0.1, 0.15) is 51.2 Å². The number of anilines is 1. The van der Waals surface area contributed by atoms with Crippen molar-refractivity contribution in [2.75, 3.05) is 23.7 Å². The number of sulfonamides is 1. The van der Waals surface area contributed by atoms with Crippen molar-refractivity contribution in [1.29, 1.82) is 0 Å². The second-order valence-corrected chi connectivity index (χ2v) is 11.3. The lowest BCUT2D eigenvalue weighted by Crippen LogP contribution is -2.52. The molecule has 7 nitrogen and oxygen atoms in total. The third-order valence-electron chi connectivity index (χ3n) is 5.62. The average molecular weight is 543 g/mol. The largest absolute Gasteiger partial charge is 0.355 e. The van der Waals surface area contributed by atoms with Crippen LogP contribution in [0, 0.1) is 0 Å². The number of nitrogens with one attached hydrogen (secondary N) is 1. The Morgan fingerprint density at radius 2 is 1.66 bits per heavy atom. The maximum absolute atomic E-state index is 13.6. The minimum absolute atomic E-state index is 0.0222. The van der Waals surface area contributed by atoms with Crippen LogP contribution < -0.4 is 9.62 Å². The molecule has 0 aliphatic rings. The van der Waals surface area contributed by atoms with Gasteiger partial charge in [0.2, 0.25) is 21.8 Å². The molecule has 0 unspecified atom stereocenters. The van der Waals surface area contributed by atoms with Crippen LogP contribution >= 0.6 is 23.2 Å². The van der Waals surface area contributed by atoms with Gasteiger partial charge in [-0.2, -0.15) is 0 Å². The van der Waals surface area contributed by atoms with Crippen LogP contribution in [0.5, 0.6) is 0 Å². The molecule has 0 radical (unpaired) electrons. The second-order valence-electron chi connectivity index (χ2n) is 8.59. The lowest BCUT2D eigenvalue weighted by Gasteiger charge is -2.33. The van der Waals surface area contributed by atoms with E-state index in [1.165, 1.54) is 4.90 Å². The first-order chi connectivity index (χ1) is 16.4. The molecule has 2 aromatic carbocycles. The van der Waals surface area contributed by atoms with Gasteiger partial charge in [0.1, 0.15) is 12.6 Å². The summed E-state index contributed by atoms with van der Waals surface area (Å²) in [7, 11) is -3.79. The van der Waals surface area contributed by atoms with Crippen molar-refractivity contribution < 1.29 is 18.0 Å². The fourth-order valence-corrected chi connectivity index (χ4v) is 5.00. The highest BCUT2D eigenvalue weighted by molar-refractivity contribution is 7.92. The van der Waals surface area contributed by atoms with Crippen LogP contribution in [0.2, 0.25) is 10.0 Å². The van der Waals surface area contributed by atoms with E-state index in [9.17, 15) is 18.0 Å². The smallest absolute Gasteiger partial charge is 0.244 e. The number of carbonyl (C=O) groups is 2. The maximum atomic E-state index is 13.6. The fourth-order valence-electron chi connectivity index (χ4n) is 3.68. The summed E-state index contributed by atoms with van der Waals surface area (Å²) in [5.41, 5.74) is 2.02. The lowest BCUT2D eigenvalue weighted by atomic mass is 10.0. The van der Waals surface area contributed by atoms with Crippen molar-refractivity contribution in [3.05, 3.63) is 63.6 Å². The van der Waals surface area contributed by atoms with Crippen molar-refractivity contribution in [1.82, 2.24) is 10.2 Å². The topological polar surface area (TPSA) is 86.8 Å². The Hall–Kier alpha value is -2.29. The summed E-state index contributed by atoms with van der Waals surface area (Å²) in [5.74, 6) is -0.563. The number of hydrogen-bond donors (Lipinski definition) is 1. The van der Waals surface area contributed by atoms with Gasteiger partial charge in [-0.15, -0.1) is 0 Å². The van der Waals surface area contributed by atoms with Gasteiger partial charge >= 0.3 is 0 Å². The van der Waals surface area contributed by atoms with E-state index in [1.54, 1.807) is 44.2 Å². The first-order valence-corrected chi connectivity index (χ1v) is 14.1. The van der Waals surface area contributed by atoms with Gasteiger partial charge in [-0.1, -0.05) is 62.2 Å². The molecular formula is C25H33Cl2N3O4S. The Kier molecular flexibility index (Phi) is 10.4. The number of carbonyl (C=O) groups excluding carboxylic acids is 2. The number of amides is 2. The summed E-state index contributed by atoms with van der Waals surface area (Å²) in [6.07, 6.45) is 1.39. The number of hydrogen-bond acceptors (Lipinski definition) is 4. The first-order valence-electron chi connectivity index (χ1n) is 11.5. The average Bonchev–Trinajstić information content (AvgIpc) is 2.78. The Labute approximate surface area is 218 Å². The van der Waals surface area contributed by atoms with Gasteiger partial charge in [-0.05, 0) is 54.7 Å². The number of halogens is 2. The highest BCUT2D eigenvalue weighted by Crippen LogP contribution is 2.25.